The van der Waals surface area contributed by atoms with Gasteiger partial charge in [0.05, 0.1) is 11.1 Å². The van der Waals surface area contributed by atoms with Gasteiger partial charge in [-0.3, -0.25) is 9.78 Å². The molecular weight excluding hydrogens is 262 g/mol. The second kappa shape index (κ2) is 6.22. The Labute approximate surface area is 125 Å². The Bertz CT molecular complexity index is 633. The highest BCUT2D eigenvalue weighted by Crippen LogP contribution is 2.22. The summed E-state index contributed by atoms with van der Waals surface area (Å²) in [7, 11) is 1.97. The first kappa shape index (κ1) is 14.0. The third-order valence-corrected chi connectivity index (χ3v) is 4.18. The van der Waals surface area contributed by atoms with E-state index < -0.39 is 0 Å². The molecule has 1 N–H and O–H groups in total. The molecule has 4 heteroatoms. The lowest BCUT2D eigenvalue weighted by Crippen LogP contribution is -2.42. The molecule has 0 saturated carbocycles. The molecule has 1 aromatic carbocycles. The summed E-state index contributed by atoms with van der Waals surface area (Å²) < 4.78 is 0. The summed E-state index contributed by atoms with van der Waals surface area (Å²) in [6.07, 6.45) is 4.01. The predicted octanol–water partition coefficient (Wildman–Crippen LogP) is 2.31. The number of nitrogens with one attached hydrogen (secondary N) is 1. The number of hydrogen-bond donors (Lipinski definition) is 1. The van der Waals surface area contributed by atoms with Crippen LogP contribution in [0.25, 0.3) is 10.9 Å². The van der Waals surface area contributed by atoms with Crippen molar-refractivity contribution in [2.45, 2.75) is 12.8 Å². The number of nitrogens with zero attached hydrogens (tertiary/aromatic N) is 2. The lowest BCUT2D eigenvalue weighted by Gasteiger charge is -2.33. The van der Waals surface area contributed by atoms with Crippen molar-refractivity contribution in [2.24, 2.45) is 5.92 Å². The van der Waals surface area contributed by atoms with E-state index in [0.29, 0.717) is 5.92 Å². The maximum Gasteiger partial charge on any atom is 0.254 e. The van der Waals surface area contributed by atoms with Crippen molar-refractivity contribution in [2.75, 3.05) is 26.7 Å². The number of rotatable bonds is 3. The van der Waals surface area contributed by atoms with Gasteiger partial charge in [0.25, 0.3) is 5.91 Å². The molecule has 2 heterocycles. The first-order valence-corrected chi connectivity index (χ1v) is 7.57. The van der Waals surface area contributed by atoms with Crippen LogP contribution < -0.4 is 5.32 Å². The molecular formula is C17H21N3O. The molecule has 110 valence electrons. The van der Waals surface area contributed by atoms with Gasteiger partial charge in [-0.15, -0.1) is 0 Å². The third-order valence-electron chi connectivity index (χ3n) is 4.18. The summed E-state index contributed by atoms with van der Waals surface area (Å²) in [4.78, 5) is 19.2. The molecule has 1 saturated heterocycles. The number of aromatic nitrogens is 1. The second-order valence-electron chi connectivity index (χ2n) is 5.69. The number of carbonyl (C=O) groups excluding carboxylic acids is 1. The highest BCUT2D eigenvalue weighted by atomic mass is 16.2. The highest BCUT2D eigenvalue weighted by molar-refractivity contribution is 6.05. The first-order valence-electron chi connectivity index (χ1n) is 7.57. The van der Waals surface area contributed by atoms with Crippen molar-refractivity contribution in [1.29, 1.82) is 0 Å². The van der Waals surface area contributed by atoms with E-state index in [9.17, 15) is 4.79 Å². The number of hydrogen-bond acceptors (Lipinski definition) is 3. The molecule has 0 radical (unpaired) electrons. The lowest BCUT2D eigenvalue weighted by molar-refractivity contribution is 0.0676. The normalized spacial score (nSPS) is 18.9. The first-order chi connectivity index (χ1) is 10.3. The van der Waals surface area contributed by atoms with E-state index in [1.54, 1.807) is 6.20 Å². The zero-order valence-corrected chi connectivity index (χ0v) is 12.4. The Morgan fingerprint density at radius 3 is 3.10 bits per heavy atom. The van der Waals surface area contributed by atoms with Crippen molar-refractivity contribution in [3.05, 3.63) is 42.1 Å². The van der Waals surface area contributed by atoms with Crippen LogP contribution in [0.5, 0.6) is 0 Å². The number of fused-ring (bicyclic) bond motifs is 1. The number of piperidine rings is 1. The van der Waals surface area contributed by atoms with E-state index in [2.05, 4.69) is 10.3 Å². The van der Waals surface area contributed by atoms with Crippen LogP contribution in [0.1, 0.15) is 23.2 Å². The van der Waals surface area contributed by atoms with Crippen LogP contribution in [0, 0.1) is 5.92 Å². The fraction of sp³-hybridized carbons (Fsp3) is 0.412. The van der Waals surface area contributed by atoms with Gasteiger partial charge >= 0.3 is 0 Å². The molecule has 3 rings (SSSR count). The van der Waals surface area contributed by atoms with Crippen molar-refractivity contribution in [3.8, 4) is 0 Å². The summed E-state index contributed by atoms with van der Waals surface area (Å²) in [5.41, 5.74) is 1.65. The van der Waals surface area contributed by atoms with E-state index in [0.717, 1.165) is 42.5 Å². The summed E-state index contributed by atoms with van der Waals surface area (Å²) in [5, 5.41) is 4.16. The summed E-state index contributed by atoms with van der Waals surface area (Å²) in [5.74, 6) is 0.690. The SMILES string of the molecule is CNCC1CCCN(C(=O)c2ccnc3ccccc23)C1. The Morgan fingerprint density at radius 1 is 1.38 bits per heavy atom. The fourth-order valence-corrected chi connectivity index (χ4v) is 3.16. The molecule has 1 aliphatic heterocycles. The number of para-hydroxylation sites is 1. The van der Waals surface area contributed by atoms with E-state index in [-0.39, 0.29) is 5.91 Å². The van der Waals surface area contributed by atoms with Crippen LogP contribution in [0.15, 0.2) is 36.5 Å². The van der Waals surface area contributed by atoms with Crippen LogP contribution in [-0.4, -0.2) is 42.5 Å². The van der Waals surface area contributed by atoms with Gasteiger partial charge < -0.3 is 10.2 Å². The number of likely N-dealkylation sites (tertiary alicyclic amines) is 1. The van der Waals surface area contributed by atoms with Gasteiger partial charge in [0.1, 0.15) is 0 Å². The average molecular weight is 283 g/mol. The van der Waals surface area contributed by atoms with Crippen molar-refractivity contribution in [3.63, 3.8) is 0 Å². The Kier molecular flexibility index (Phi) is 4.15. The zero-order valence-electron chi connectivity index (χ0n) is 12.4. The highest BCUT2D eigenvalue weighted by Gasteiger charge is 2.25. The molecule has 1 atom stereocenters. The topological polar surface area (TPSA) is 45.2 Å². The molecule has 0 aliphatic carbocycles. The summed E-state index contributed by atoms with van der Waals surface area (Å²) in [6.45, 7) is 2.67. The van der Waals surface area contributed by atoms with E-state index >= 15 is 0 Å². The van der Waals surface area contributed by atoms with Gasteiger partial charge in [-0.05, 0) is 44.5 Å². The Balaban J connectivity index is 1.86. The molecule has 21 heavy (non-hydrogen) atoms. The van der Waals surface area contributed by atoms with Crippen molar-refractivity contribution in [1.82, 2.24) is 15.2 Å². The number of pyridine rings is 1. The lowest BCUT2D eigenvalue weighted by atomic mass is 9.97. The monoisotopic (exact) mass is 283 g/mol. The minimum absolute atomic E-state index is 0.134. The quantitative estimate of drug-likeness (QED) is 0.940. The molecule has 1 amide bonds. The Morgan fingerprint density at radius 2 is 2.24 bits per heavy atom. The smallest absolute Gasteiger partial charge is 0.254 e. The predicted molar refractivity (Wildman–Crippen MR) is 84.3 cm³/mol. The average Bonchev–Trinajstić information content (AvgIpc) is 2.54. The standard InChI is InChI=1S/C17H21N3O/c1-18-11-13-5-4-10-20(12-13)17(21)15-8-9-19-16-7-3-2-6-14(15)16/h2-3,6-9,13,18H,4-5,10-12H2,1H3. The molecule has 1 aliphatic rings. The van der Waals surface area contributed by atoms with Crippen LogP contribution in [0.4, 0.5) is 0 Å². The van der Waals surface area contributed by atoms with E-state index in [1.165, 1.54) is 6.42 Å². The largest absolute Gasteiger partial charge is 0.338 e. The van der Waals surface area contributed by atoms with Gasteiger partial charge in [0.2, 0.25) is 0 Å². The Hall–Kier alpha value is -1.94. The van der Waals surface area contributed by atoms with Crippen LogP contribution in [0.3, 0.4) is 0 Å². The second-order valence-corrected chi connectivity index (χ2v) is 5.69. The molecule has 1 fully saturated rings. The molecule has 0 bridgehead atoms. The number of carbonyl (C=O) groups is 1. The number of amides is 1. The summed E-state index contributed by atoms with van der Waals surface area (Å²) in [6, 6.07) is 9.68. The fourth-order valence-electron chi connectivity index (χ4n) is 3.16. The van der Waals surface area contributed by atoms with Crippen molar-refractivity contribution < 1.29 is 4.79 Å². The summed E-state index contributed by atoms with van der Waals surface area (Å²) >= 11 is 0. The molecule has 4 nitrogen and oxygen atoms in total. The molecule has 1 unspecified atom stereocenters. The minimum atomic E-state index is 0.134. The van der Waals surface area contributed by atoms with Gasteiger partial charge in [0, 0.05) is 24.7 Å². The number of benzene rings is 1. The van der Waals surface area contributed by atoms with Gasteiger partial charge in [0.15, 0.2) is 0 Å². The third kappa shape index (κ3) is 2.90. The van der Waals surface area contributed by atoms with Crippen LogP contribution >= 0.6 is 0 Å². The van der Waals surface area contributed by atoms with Gasteiger partial charge in [-0.25, -0.2) is 0 Å². The van der Waals surface area contributed by atoms with Crippen LogP contribution in [0.2, 0.25) is 0 Å². The van der Waals surface area contributed by atoms with Gasteiger partial charge in [-0.2, -0.15) is 0 Å². The van der Waals surface area contributed by atoms with Crippen LogP contribution in [-0.2, 0) is 0 Å². The minimum Gasteiger partial charge on any atom is -0.338 e. The zero-order chi connectivity index (χ0) is 14.7. The maximum absolute atomic E-state index is 12.8. The van der Waals surface area contributed by atoms with Crippen molar-refractivity contribution >= 4 is 16.8 Å². The molecule has 0 spiro atoms. The van der Waals surface area contributed by atoms with Gasteiger partial charge in [-0.1, -0.05) is 18.2 Å². The van der Waals surface area contributed by atoms with E-state index in [4.69, 9.17) is 0 Å². The molecule has 1 aromatic heterocycles. The molecule has 2 aromatic rings. The van der Waals surface area contributed by atoms with E-state index in [1.807, 2.05) is 42.3 Å². The maximum atomic E-state index is 12.8.